The average Bonchev–Trinajstić information content (AvgIpc) is 2.82. The number of aliphatic hydroxyl groups is 3. The molecule has 1 heterocycles. The summed E-state index contributed by atoms with van der Waals surface area (Å²) in [6.45, 7) is 4.20. The summed E-state index contributed by atoms with van der Waals surface area (Å²) in [5.41, 5.74) is 1.87. The van der Waals surface area contributed by atoms with Crippen LogP contribution in [0.2, 0.25) is 0 Å². The van der Waals surface area contributed by atoms with Crippen molar-refractivity contribution in [3.05, 3.63) is 47.5 Å². The van der Waals surface area contributed by atoms with Crippen LogP contribution in [0.5, 0.6) is 23.0 Å². The first-order valence-corrected chi connectivity index (χ1v) is 11.3. The van der Waals surface area contributed by atoms with Gasteiger partial charge in [-0.3, -0.25) is 0 Å². The van der Waals surface area contributed by atoms with Crippen molar-refractivity contribution in [3.63, 3.8) is 0 Å². The van der Waals surface area contributed by atoms with E-state index in [1.54, 1.807) is 24.3 Å². The first kappa shape index (κ1) is 26.6. The van der Waals surface area contributed by atoms with Crippen LogP contribution in [0.25, 0.3) is 0 Å². The topological polar surface area (TPSA) is 166 Å². The molecule has 2 aromatic rings. The standard InChI is InChI=1S/C25H32O10/c1-12(8-14-4-6-16(26)17(27)10-14)13(2)9-15-5-7-18(19(11-15)33-3)34-25-22(30)20(28)21(29)23(35-25)24(31)32/h4-7,10-13,20-23,25-30H,8-9H2,1-3H3,(H,31,32)/t12?,13?,20-,21-,22+,23-,25+/m0/s1. The van der Waals surface area contributed by atoms with Crippen molar-refractivity contribution in [2.45, 2.75) is 57.4 Å². The van der Waals surface area contributed by atoms with Gasteiger partial charge in [0.25, 0.3) is 0 Å². The first-order chi connectivity index (χ1) is 16.5. The molecule has 192 valence electrons. The quantitative estimate of drug-likeness (QED) is 0.282. The van der Waals surface area contributed by atoms with Crippen LogP contribution in [0.1, 0.15) is 25.0 Å². The molecule has 1 saturated heterocycles. The molecule has 2 aromatic carbocycles. The number of aliphatic hydroxyl groups excluding tert-OH is 3. The largest absolute Gasteiger partial charge is 0.504 e. The van der Waals surface area contributed by atoms with Gasteiger partial charge in [-0.15, -0.1) is 0 Å². The molecule has 7 atom stereocenters. The lowest BCUT2D eigenvalue weighted by atomic mass is 9.85. The lowest BCUT2D eigenvalue weighted by Crippen LogP contribution is -2.61. The van der Waals surface area contributed by atoms with E-state index >= 15 is 0 Å². The molecule has 0 aliphatic carbocycles. The Balaban J connectivity index is 1.68. The molecule has 0 radical (unpaired) electrons. The van der Waals surface area contributed by atoms with Crippen molar-refractivity contribution in [1.29, 1.82) is 0 Å². The van der Waals surface area contributed by atoms with Crippen LogP contribution in [-0.2, 0) is 22.4 Å². The number of ether oxygens (including phenoxy) is 3. The van der Waals surface area contributed by atoms with Gasteiger partial charge in [-0.2, -0.15) is 0 Å². The highest BCUT2D eigenvalue weighted by Crippen LogP contribution is 2.34. The number of methoxy groups -OCH3 is 1. The van der Waals surface area contributed by atoms with E-state index in [2.05, 4.69) is 13.8 Å². The fraction of sp³-hybridized carbons (Fsp3) is 0.480. The van der Waals surface area contributed by atoms with Crippen LogP contribution >= 0.6 is 0 Å². The smallest absolute Gasteiger partial charge is 0.335 e. The van der Waals surface area contributed by atoms with Crippen LogP contribution < -0.4 is 9.47 Å². The monoisotopic (exact) mass is 492 g/mol. The third-order valence-corrected chi connectivity index (χ3v) is 6.41. The molecule has 35 heavy (non-hydrogen) atoms. The van der Waals surface area contributed by atoms with Gasteiger partial charge in [0, 0.05) is 0 Å². The molecule has 3 rings (SSSR count). The minimum atomic E-state index is -1.80. The second-order valence-corrected chi connectivity index (χ2v) is 9.02. The van der Waals surface area contributed by atoms with Crippen LogP contribution in [0.15, 0.2) is 36.4 Å². The number of carboxylic acids is 1. The molecule has 0 saturated carbocycles. The number of carboxylic acid groups (broad SMARTS) is 1. The molecule has 0 spiro atoms. The zero-order valence-electron chi connectivity index (χ0n) is 19.7. The van der Waals surface area contributed by atoms with Gasteiger partial charge in [0.1, 0.15) is 18.3 Å². The van der Waals surface area contributed by atoms with Crippen LogP contribution in [0, 0.1) is 11.8 Å². The van der Waals surface area contributed by atoms with E-state index < -0.39 is 36.7 Å². The predicted octanol–water partition coefficient (Wildman–Crippen LogP) is 1.43. The van der Waals surface area contributed by atoms with Crippen LogP contribution in [0.4, 0.5) is 0 Å². The van der Waals surface area contributed by atoms with Gasteiger partial charge in [-0.1, -0.05) is 26.0 Å². The number of phenols is 2. The Bertz CT molecular complexity index is 1030. The summed E-state index contributed by atoms with van der Waals surface area (Å²) in [6.07, 6.45) is -7.13. The summed E-state index contributed by atoms with van der Waals surface area (Å²) >= 11 is 0. The Kier molecular flexibility index (Phi) is 8.44. The fourth-order valence-corrected chi connectivity index (χ4v) is 4.05. The third kappa shape index (κ3) is 6.15. The third-order valence-electron chi connectivity index (χ3n) is 6.41. The molecule has 1 aliphatic heterocycles. The van der Waals surface area contributed by atoms with Gasteiger partial charge in [0.15, 0.2) is 29.1 Å². The maximum Gasteiger partial charge on any atom is 0.335 e. The predicted molar refractivity (Wildman–Crippen MR) is 123 cm³/mol. The average molecular weight is 493 g/mol. The van der Waals surface area contributed by atoms with Crippen molar-refractivity contribution in [3.8, 4) is 23.0 Å². The zero-order valence-corrected chi connectivity index (χ0v) is 19.7. The maximum atomic E-state index is 11.3. The van der Waals surface area contributed by atoms with Gasteiger partial charge in [-0.05, 0) is 60.1 Å². The van der Waals surface area contributed by atoms with Gasteiger partial charge >= 0.3 is 5.97 Å². The van der Waals surface area contributed by atoms with E-state index in [0.717, 1.165) is 11.1 Å². The number of benzene rings is 2. The van der Waals surface area contributed by atoms with Crippen molar-refractivity contribution in [2.75, 3.05) is 7.11 Å². The molecule has 1 fully saturated rings. The number of rotatable bonds is 9. The molecule has 0 aromatic heterocycles. The van der Waals surface area contributed by atoms with Gasteiger partial charge in [0.2, 0.25) is 6.29 Å². The van der Waals surface area contributed by atoms with E-state index in [4.69, 9.17) is 14.2 Å². The van der Waals surface area contributed by atoms with Gasteiger partial charge < -0.3 is 44.8 Å². The highest BCUT2D eigenvalue weighted by molar-refractivity contribution is 5.73. The first-order valence-electron chi connectivity index (χ1n) is 11.3. The zero-order chi connectivity index (χ0) is 25.9. The molecular weight excluding hydrogens is 460 g/mol. The number of hydrogen-bond acceptors (Lipinski definition) is 9. The second kappa shape index (κ2) is 11.1. The molecule has 0 bridgehead atoms. The molecular formula is C25H32O10. The minimum absolute atomic E-state index is 0.147. The second-order valence-electron chi connectivity index (χ2n) is 9.02. The van der Waals surface area contributed by atoms with Crippen LogP contribution in [-0.4, -0.2) is 74.4 Å². The Labute approximate surface area is 202 Å². The summed E-state index contributed by atoms with van der Waals surface area (Å²) in [6, 6.07) is 9.98. The van der Waals surface area contributed by atoms with Crippen molar-refractivity contribution >= 4 is 5.97 Å². The fourth-order valence-electron chi connectivity index (χ4n) is 4.05. The minimum Gasteiger partial charge on any atom is -0.504 e. The van der Waals surface area contributed by atoms with E-state index in [0.29, 0.717) is 18.6 Å². The summed E-state index contributed by atoms with van der Waals surface area (Å²) in [5, 5.41) is 58.4. The number of hydrogen-bond donors (Lipinski definition) is 6. The highest BCUT2D eigenvalue weighted by atomic mass is 16.7. The molecule has 2 unspecified atom stereocenters. The van der Waals surface area contributed by atoms with E-state index in [9.17, 15) is 35.4 Å². The summed E-state index contributed by atoms with van der Waals surface area (Å²) in [7, 11) is 1.44. The van der Waals surface area contributed by atoms with Gasteiger partial charge in [0.05, 0.1) is 7.11 Å². The highest BCUT2D eigenvalue weighted by Gasteiger charge is 2.48. The van der Waals surface area contributed by atoms with E-state index in [1.807, 2.05) is 6.07 Å². The lowest BCUT2D eigenvalue weighted by molar-refractivity contribution is -0.271. The Morgan fingerprint density at radius 3 is 2.06 bits per heavy atom. The lowest BCUT2D eigenvalue weighted by Gasteiger charge is -2.38. The Hall–Kier alpha value is -3.05. The van der Waals surface area contributed by atoms with Crippen molar-refractivity contribution in [1.82, 2.24) is 0 Å². The van der Waals surface area contributed by atoms with Crippen molar-refractivity contribution < 1.29 is 49.6 Å². The number of aliphatic carboxylic acids is 1. The summed E-state index contributed by atoms with van der Waals surface area (Å²) in [5.74, 6) is -0.788. The maximum absolute atomic E-state index is 11.3. The molecule has 10 nitrogen and oxygen atoms in total. The van der Waals surface area contributed by atoms with Gasteiger partial charge in [-0.25, -0.2) is 4.79 Å². The van der Waals surface area contributed by atoms with Crippen LogP contribution in [0.3, 0.4) is 0 Å². The molecule has 1 aliphatic rings. The normalized spacial score (nSPS) is 26.1. The summed E-state index contributed by atoms with van der Waals surface area (Å²) < 4.78 is 16.2. The Morgan fingerprint density at radius 2 is 1.49 bits per heavy atom. The molecule has 6 N–H and O–H groups in total. The summed E-state index contributed by atoms with van der Waals surface area (Å²) in [4.78, 5) is 11.3. The number of aromatic hydroxyl groups is 2. The SMILES string of the molecule is COc1cc(CC(C)C(C)Cc2ccc(O)c(O)c2)ccc1O[C@@H]1O[C@H](C(=O)O)[C@@H](O)[C@H](O)[C@H]1O. The number of phenolic OH excluding ortho intramolecular Hbond substituents is 2. The number of carbonyl (C=O) groups is 1. The van der Waals surface area contributed by atoms with E-state index in [1.165, 1.54) is 13.2 Å². The molecule has 10 heteroatoms. The molecule has 0 amide bonds. The van der Waals surface area contributed by atoms with Crippen molar-refractivity contribution in [2.24, 2.45) is 11.8 Å². The van der Waals surface area contributed by atoms with E-state index in [-0.39, 0.29) is 29.1 Å². The Morgan fingerprint density at radius 1 is 0.886 bits per heavy atom.